The molecule has 8 heteroatoms. The number of hydrogen-bond donors (Lipinski definition) is 5. The zero-order chi connectivity index (χ0) is 26.6. The molecule has 5 rings (SSSR count). The lowest BCUT2D eigenvalue weighted by atomic mass is 9.56. The van der Waals surface area contributed by atoms with E-state index in [9.17, 15) is 34.8 Å². The number of phenols is 1. The molecule has 1 aromatic rings. The van der Waals surface area contributed by atoms with E-state index in [4.69, 9.17) is 5.73 Å². The van der Waals surface area contributed by atoms with E-state index in [0.717, 1.165) is 36.8 Å². The second kappa shape index (κ2) is 9.16. The van der Waals surface area contributed by atoms with Crippen LogP contribution in [0.25, 0.3) is 5.76 Å². The van der Waals surface area contributed by atoms with E-state index in [1.54, 1.807) is 0 Å². The second-order valence-electron chi connectivity index (χ2n) is 10.6. The highest BCUT2D eigenvalue weighted by Gasteiger charge is 2.64. The molecule has 0 bridgehead atoms. The number of aliphatic hydroxyl groups is 3. The molecule has 2 saturated carbocycles. The number of primary amides is 1. The van der Waals surface area contributed by atoms with Crippen LogP contribution in [0.4, 0.5) is 0 Å². The van der Waals surface area contributed by atoms with Gasteiger partial charge >= 0.3 is 0 Å². The number of ketones is 2. The monoisotopic (exact) mass is 505 g/mol. The van der Waals surface area contributed by atoms with Gasteiger partial charge in [0.05, 0.1) is 17.2 Å². The average molecular weight is 506 g/mol. The Bertz CT molecular complexity index is 1340. The lowest BCUT2D eigenvalue weighted by Crippen LogP contribution is -2.66. The minimum absolute atomic E-state index is 0.0951. The van der Waals surface area contributed by atoms with Gasteiger partial charge < -0.3 is 26.2 Å². The highest BCUT2D eigenvalue weighted by molar-refractivity contribution is 6.24. The van der Waals surface area contributed by atoms with Gasteiger partial charge in [0.25, 0.3) is 0 Å². The number of rotatable bonds is 2. The Morgan fingerprint density at radius 1 is 1.19 bits per heavy atom. The third kappa shape index (κ3) is 3.80. The first kappa shape index (κ1) is 25.2. The molecule has 5 atom stereocenters. The molecule has 2 fully saturated rings. The Kier molecular flexibility index (Phi) is 6.25. The summed E-state index contributed by atoms with van der Waals surface area (Å²) in [7, 11) is 0. The lowest BCUT2D eigenvalue weighted by molar-refractivity contribution is -0.174. The van der Waals surface area contributed by atoms with Crippen LogP contribution in [0.5, 0.6) is 5.75 Å². The van der Waals surface area contributed by atoms with Crippen LogP contribution in [0.15, 0.2) is 23.3 Å². The van der Waals surface area contributed by atoms with Crippen LogP contribution in [0.1, 0.15) is 67.7 Å². The fourth-order valence-electron chi connectivity index (χ4n) is 6.58. The van der Waals surface area contributed by atoms with Gasteiger partial charge in [-0.15, -0.1) is 0 Å². The first-order valence-electron chi connectivity index (χ1n) is 12.9. The van der Waals surface area contributed by atoms with Gasteiger partial charge in [-0.3, -0.25) is 14.4 Å². The number of phenolic OH excluding ortho intramolecular Hbond substituents is 1. The van der Waals surface area contributed by atoms with E-state index in [-0.39, 0.29) is 29.7 Å². The van der Waals surface area contributed by atoms with Crippen molar-refractivity contribution in [1.29, 1.82) is 0 Å². The number of carbonyl (C=O) groups excluding carboxylic acids is 3. The van der Waals surface area contributed by atoms with Crippen molar-refractivity contribution in [3.63, 3.8) is 0 Å². The molecule has 0 radical (unpaired) electrons. The van der Waals surface area contributed by atoms with Crippen LogP contribution in [0.3, 0.4) is 0 Å². The van der Waals surface area contributed by atoms with Gasteiger partial charge in [-0.25, -0.2) is 0 Å². The van der Waals surface area contributed by atoms with Gasteiger partial charge in [0, 0.05) is 11.5 Å². The van der Waals surface area contributed by atoms with E-state index >= 15 is 0 Å². The fraction of sp³-hybridized carbons (Fsp3) is 0.483. The highest BCUT2D eigenvalue weighted by atomic mass is 16.3. The summed E-state index contributed by atoms with van der Waals surface area (Å²) in [6.45, 7) is 1.95. The number of fused-ring (bicyclic) bond motifs is 3. The molecule has 2 unspecified atom stereocenters. The Labute approximate surface area is 214 Å². The summed E-state index contributed by atoms with van der Waals surface area (Å²) in [5.41, 5.74) is 5.58. The van der Waals surface area contributed by atoms with Crippen LogP contribution in [0.2, 0.25) is 0 Å². The predicted octanol–water partition coefficient (Wildman–Crippen LogP) is 2.00. The molecule has 0 aromatic heterocycles. The maximum atomic E-state index is 13.7. The molecular formula is C29H31NO7. The third-order valence-corrected chi connectivity index (χ3v) is 8.51. The first-order valence-corrected chi connectivity index (χ1v) is 12.9. The highest BCUT2D eigenvalue weighted by Crippen LogP contribution is 2.52. The SMILES string of the molecule is CCc1cc(C#CC2=CCCCC2)c(O)c2c1C[C@H]1C[C@H]3CC(O)C(C(N)=O)C(=O)[C@@]3(O)C(=O)C1=C2O. The average Bonchev–Trinajstić information content (AvgIpc) is 2.86. The Morgan fingerprint density at radius 2 is 1.95 bits per heavy atom. The summed E-state index contributed by atoms with van der Waals surface area (Å²) >= 11 is 0. The maximum absolute atomic E-state index is 13.7. The normalized spacial score (nSPS) is 30.9. The smallest absolute Gasteiger partial charge is 0.230 e. The zero-order valence-electron chi connectivity index (χ0n) is 20.7. The summed E-state index contributed by atoms with van der Waals surface area (Å²) in [6.07, 6.45) is 5.64. The van der Waals surface area contributed by atoms with Crippen molar-refractivity contribution < 1.29 is 34.8 Å². The molecule has 0 spiro atoms. The van der Waals surface area contributed by atoms with Gasteiger partial charge in [-0.1, -0.05) is 24.8 Å². The summed E-state index contributed by atoms with van der Waals surface area (Å²) in [5.74, 6) is -1.00. The molecular weight excluding hydrogens is 474 g/mol. The van der Waals surface area contributed by atoms with Crippen molar-refractivity contribution in [3.05, 3.63) is 45.5 Å². The molecule has 1 aromatic carbocycles. The Hall–Kier alpha value is -3.41. The van der Waals surface area contributed by atoms with Crippen molar-refractivity contribution in [2.24, 2.45) is 23.5 Å². The third-order valence-electron chi connectivity index (χ3n) is 8.51. The molecule has 4 aliphatic carbocycles. The number of aromatic hydroxyl groups is 1. The van der Waals surface area contributed by atoms with Gasteiger partial charge in [0.2, 0.25) is 11.7 Å². The largest absolute Gasteiger partial charge is 0.507 e. The molecule has 0 heterocycles. The summed E-state index contributed by atoms with van der Waals surface area (Å²) in [4.78, 5) is 38.6. The zero-order valence-corrected chi connectivity index (χ0v) is 20.7. The van der Waals surface area contributed by atoms with Crippen LogP contribution in [-0.4, -0.2) is 49.6 Å². The summed E-state index contributed by atoms with van der Waals surface area (Å²) < 4.78 is 0. The Balaban J connectivity index is 1.63. The van der Waals surface area contributed by atoms with Crippen molar-refractivity contribution in [1.82, 2.24) is 0 Å². The van der Waals surface area contributed by atoms with Crippen molar-refractivity contribution in [2.75, 3.05) is 0 Å². The number of aryl methyl sites for hydroxylation is 1. The number of aliphatic hydroxyl groups excluding tert-OH is 2. The number of amides is 1. The summed E-state index contributed by atoms with van der Waals surface area (Å²) in [5, 5.41) is 44.3. The van der Waals surface area contributed by atoms with Crippen molar-refractivity contribution >= 4 is 23.2 Å². The van der Waals surface area contributed by atoms with E-state index in [1.807, 2.05) is 13.0 Å². The van der Waals surface area contributed by atoms with Crippen LogP contribution in [-0.2, 0) is 27.2 Å². The fourth-order valence-corrected chi connectivity index (χ4v) is 6.58. The van der Waals surface area contributed by atoms with Gasteiger partial charge in [-0.2, -0.15) is 0 Å². The minimum Gasteiger partial charge on any atom is -0.507 e. The maximum Gasteiger partial charge on any atom is 0.230 e. The molecule has 4 aliphatic rings. The number of allylic oxidation sites excluding steroid dienone is 2. The number of benzene rings is 1. The molecule has 0 aliphatic heterocycles. The standard InChI is InChI=1S/C29H31NO7/c1-2-15-10-16(9-8-14-6-4-3-5-7-14)24(32)22-19(15)12-17-11-18-13-20(31)23(28(30)36)27(35)29(18,37)26(34)21(17)25(22)33/h6,10,17-18,20,23,31-33,37H,2-5,7,11-13H2,1H3,(H2,30,36)/t17-,18+,20?,23?,29+/m1/s1. The lowest BCUT2D eigenvalue weighted by Gasteiger charge is -2.48. The minimum atomic E-state index is -2.58. The van der Waals surface area contributed by atoms with Crippen LogP contribution >= 0.6 is 0 Å². The number of nitrogens with two attached hydrogens (primary N) is 1. The van der Waals surface area contributed by atoms with Gasteiger partial charge in [0.15, 0.2) is 11.4 Å². The molecule has 194 valence electrons. The van der Waals surface area contributed by atoms with Crippen LogP contribution in [0, 0.1) is 29.6 Å². The molecule has 1 amide bonds. The van der Waals surface area contributed by atoms with E-state index in [1.165, 1.54) is 0 Å². The topological polar surface area (TPSA) is 158 Å². The number of carbonyl (C=O) groups is 3. The molecule has 0 saturated heterocycles. The van der Waals surface area contributed by atoms with Crippen LogP contribution < -0.4 is 5.73 Å². The quantitative estimate of drug-likeness (QED) is 0.304. The summed E-state index contributed by atoms with van der Waals surface area (Å²) in [6, 6.07) is 1.81. The van der Waals surface area contributed by atoms with E-state index in [0.29, 0.717) is 24.0 Å². The molecule has 6 N–H and O–H groups in total. The van der Waals surface area contributed by atoms with E-state index < -0.39 is 52.7 Å². The molecule has 8 nitrogen and oxygen atoms in total. The van der Waals surface area contributed by atoms with Gasteiger partial charge in [-0.05, 0) is 80.1 Å². The second-order valence-corrected chi connectivity index (χ2v) is 10.6. The van der Waals surface area contributed by atoms with Crippen molar-refractivity contribution in [2.45, 2.75) is 70.0 Å². The number of hydrogen-bond acceptors (Lipinski definition) is 7. The first-order chi connectivity index (χ1) is 17.6. The Morgan fingerprint density at radius 3 is 2.59 bits per heavy atom. The van der Waals surface area contributed by atoms with Gasteiger partial charge in [0.1, 0.15) is 17.4 Å². The predicted molar refractivity (Wildman–Crippen MR) is 134 cm³/mol. The number of Topliss-reactive ketones (excluding diaryl/α,β-unsaturated/α-hetero) is 2. The van der Waals surface area contributed by atoms with Crippen molar-refractivity contribution in [3.8, 4) is 17.6 Å². The molecule has 37 heavy (non-hydrogen) atoms. The van der Waals surface area contributed by atoms with E-state index in [2.05, 4.69) is 17.9 Å².